The van der Waals surface area contributed by atoms with Gasteiger partial charge in [-0.25, -0.2) is 14.2 Å². The minimum Gasteiger partial charge on any atom is -0.469 e. The zero-order valence-corrected chi connectivity index (χ0v) is 26.3. The number of nitrogens with one attached hydrogen (secondary N) is 1. The largest absolute Gasteiger partial charge is 0.469 e. The average molecular weight is 588 g/mol. The SMILES string of the molecule is COC(=O)C(CNC(=O)OC(C)(C)C)Cc1ccc(Oc2ccnc3c2c(C)cn3COCC[Si](C)(C)C)c(F)c1. The van der Waals surface area contributed by atoms with Crippen LogP contribution in [-0.4, -0.2) is 55.5 Å². The van der Waals surface area contributed by atoms with E-state index in [0.717, 1.165) is 17.0 Å². The van der Waals surface area contributed by atoms with E-state index in [0.29, 0.717) is 30.3 Å². The van der Waals surface area contributed by atoms with Gasteiger partial charge in [0.1, 0.15) is 23.7 Å². The van der Waals surface area contributed by atoms with Crippen molar-refractivity contribution < 1.29 is 32.9 Å². The second-order valence-electron chi connectivity index (χ2n) is 12.3. The highest BCUT2D eigenvalue weighted by molar-refractivity contribution is 6.76. The number of hydrogen-bond acceptors (Lipinski definition) is 7. The zero-order chi connectivity index (χ0) is 30.4. The molecule has 0 aliphatic carbocycles. The number of methoxy groups -OCH3 is 1. The van der Waals surface area contributed by atoms with Gasteiger partial charge in [0.15, 0.2) is 11.6 Å². The Bertz CT molecular complexity index is 1360. The molecule has 1 N–H and O–H groups in total. The molecule has 9 nitrogen and oxygen atoms in total. The molecular formula is C30H42FN3O6Si. The van der Waals surface area contributed by atoms with E-state index in [9.17, 15) is 9.59 Å². The van der Waals surface area contributed by atoms with Crippen molar-refractivity contribution in [2.24, 2.45) is 5.92 Å². The van der Waals surface area contributed by atoms with E-state index in [-0.39, 0.29) is 18.7 Å². The van der Waals surface area contributed by atoms with Gasteiger partial charge in [0.25, 0.3) is 0 Å². The molecule has 1 atom stereocenters. The predicted octanol–water partition coefficient (Wildman–Crippen LogP) is 6.44. The van der Waals surface area contributed by atoms with Crippen LogP contribution in [0, 0.1) is 18.7 Å². The minimum atomic E-state index is -1.19. The molecule has 3 rings (SSSR count). The summed E-state index contributed by atoms with van der Waals surface area (Å²) in [6.45, 7) is 15.2. The van der Waals surface area contributed by atoms with Crippen LogP contribution < -0.4 is 10.1 Å². The summed E-state index contributed by atoms with van der Waals surface area (Å²) in [5.41, 5.74) is 1.51. The van der Waals surface area contributed by atoms with Crippen molar-refractivity contribution in [1.29, 1.82) is 0 Å². The lowest BCUT2D eigenvalue weighted by molar-refractivity contribution is -0.145. The lowest BCUT2D eigenvalue weighted by Crippen LogP contribution is -2.38. The van der Waals surface area contributed by atoms with Gasteiger partial charge in [-0.2, -0.15) is 0 Å². The normalized spacial score (nSPS) is 12.7. The monoisotopic (exact) mass is 587 g/mol. The molecule has 0 bridgehead atoms. The maximum absolute atomic E-state index is 15.2. The van der Waals surface area contributed by atoms with Gasteiger partial charge in [-0.05, 0) is 69.5 Å². The quantitative estimate of drug-likeness (QED) is 0.148. The first-order chi connectivity index (χ1) is 19.2. The van der Waals surface area contributed by atoms with E-state index in [1.807, 2.05) is 17.7 Å². The average Bonchev–Trinajstić information content (AvgIpc) is 3.20. The van der Waals surface area contributed by atoms with Crippen molar-refractivity contribution in [3.63, 3.8) is 0 Å². The molecule has 0 spiro atoms. The molecule has 1 amide bonds. The Labute approximate surface area is 242 Å². The molecule has 224 valence electrons. The number of benzene rings is 1. The fourth-order valence-electron chi connectivity index (χ4n) is 4.19. The highest BCUT2D eigenvalue weighted by atomic mass is 28.3. The lowest BCUT2D eigenvalue weighted by Gasteiger charge is -2.21. The Balaban J connectivity index is 1.72. The van der Waals surface area contributed by atoms with Crippen molar-refractivity contribution in [3.8, 4) is 11.5 Å². The van der Waals surface area contributed by atoms with Crippen molar-refractivity contribution in [2.45, 2.75) is 72.1 Å². The van der Waals surface area contributed by atoms with Gasteiger partial charge in [0.2, 0.25) is 0 Å². The third-order valence-corrected chi connectivity index (χ3v) is 7.96. The molecule has 0 aliphatic heterocycles. The molecule has 0 aliphatic rings. The van der Waals surface area contributed by atoms with E-state index in [1.54, 1.807) is 39.1 Å². The fourth-order valence-corrected chi connectivity index (χ4v) is 4.95. The lowest BCUT2D eigenvalue weighted by atomic mass is 9.99. The van der Waals surface area contributed by atoms with Gasteiger partial charge >= 0.3 is 12.1 Å². The van der Waals surface area contributed by atoms with Crippen LogP contribution in [0.4, 0.5) is 9.18 Å². The van der Waals surface area contributed by atoms with Gasteiger partial charge in [-0.3, -0.25) is 4.79 Å². The third kappa shape index (κ3) is 9.57. The van der Waals surface area contributed by atoms with Crippen molar-refractivity contribution >= 4 is 31.2 Å². The van der Waals surface area contributed by atoms with E-state index in [1.165, 1.54) is 19.2 Å². The molecule has 0 saturated heterocycles. The summed E-state index contributed by atoms with van der Waals surface area (Å²) >= 11 is 0. The smallest absolute Gasteiger partial charge is 0.407 e. The molecular weight excluding hydrogens is 545 g/mol. The van der Waals surface area contributed by atoms with Gasteiger partial charge in [-0.15, -0.1) is 0 Å². The summed E-state index contributed by atoms with van der Waals surface area (Å²) in [5.74, 6) is -1.31. The van der Waals surface area contributed by atoms with Crippen LogP contribution in [0.5, 0.6) is 11.5 Å². The van der Waals surface area contributed by atoms with E-state index >= 15 is 4.39 Å². The Morgan fingerprint density at radius 1 is 1.15 bits per heavy atom. The van der Waals surface area contributed by atoms with Gasteiger partial charge in [0.05, 0.1) is 18.4 Å². The number of aryl methyl sites for hydroxylation is 1. The molecule has 1 unspecified atom stereocenters. The first-order valence-corrected chi connectivity index (χ1v) is 17.4. The minimum absolute atomic E-state index is 0.0193. The van der Waals surface area contributed by atoms with Crippen LogP contribution >= 0.6 is 0 Å². The second-order valence-corrected chi connectivity index (χ2v) is 17.9. The second kappa shape index (κ2) is 13.5. The fraction of sp³-hybridized carbons (Fsp3) is 0.500. The van der Waals surface area contributed by atoms with Gasteiger partial charge < -0.3 is 28.8 Å². The summed E-state index contributed by atoms with van der Waals surface area (Å²) in [4.78, 5) is 28.9. The number of carbonyl (C=O) groups excluding carboxylic acids is 2. The molecule has 0 saturated carbocycles. The summed E-state index contributed by atoms with van der Waals surface area (Å²) in [6, 6.07) is 7.31. The Hall–Kier alpha value is -3.44. The van der Waals surface area contributed by atoms with Crippen LogP contribution in [0.1, 0.15) is 31.9 Å². The number of aromatic nitrogens is 2. The number of pyridine rings is 1. The number of nitrogens with zero attached hydrogens (tertiary/aromatic N) is 2. The maximum Gasteiger partial charge on any atom is 0.407 e. The van der Waals surface area contributed by atoms with Crippen LogP contribution in [0.3, 0.4) is 0 Å². The number of amides is 1. The molecule has 1 aromatic carbocycles. The third-order valence-electron chi connectivity index (χ3n) is 6.26. The first-order valence-electron chi connectivity index (χ1n) is 13.7. The van der Waals surface area contributed by atoms with Crippen LogP contribution in [0.25, 0.3) is 11.0 Å². The molecule has 2 aromatic heterocycles. The van der Waals surface area contributed by atoms with Gasteiger partial charge in [-0.1, -0.05) is 25.7 Å². The number of halogens is 1. The predicted molar refractivity (Wildman–Crippen MR) is 158 cm³/mol. The highest BCUT2D eigenvalue weighted by Gasteiger charge is 2.24. The van der Waals surface area contributed by atoms with Crippen molar-refractivity contribution in [1.82, 2.24) is 14.9 Å². The standard InChI is InChI=1S/C30H42FN3O6Si/c1-20-18-34(19-38-13-14-41(6,7)8)27-26(20)25(11-12-32-27)39-24-10-9-21(16-23(24)31)15-22(28(35)37-5)17-33-29(36)40-30(2,3)4/h9-12,16,18,22H,13-15,17,19H2,1-8H3,(H,33,36). The summed E-state index contributed by atoms with van der Waals surface area (Å²) in [5, 5.41) is 3.37. The number of fused-ring (bicyclic) bond motifs is 1. The number of hydrogen-bond donors (Lipinski definition) is 1. The van der Waals surface area contributed by atoms with Gasteiger partial charge in [0, 0.05) is 33.6 Å². The number of esters is 1. The highest BCUT2D eigenvalue weighted by Crippen LogP contribution is 2.34. The van der Waals surface area contributed by atoms with E-state index in [4.69, 9.17) is 18.9 Å². The van der Waals surface area contributed by atoms with Crippen LogP contribution in [0.15, 0.2) is 36.7 Å². The Morgan fingerprint density at radius 3 is 2.51 bits per heavy atom. The number of alkyl carbamates (subject to hydrolysis) is 1. The molecule has 0 radical (unpaired) electrons. The summed E-state index contributed by atoms with van der Waals surface area (Å²) < 4.78 is 39.2. The summed E-state index contributed by atoms with van der Waals surface area (Å²) in [7, 11) is 0.0789. The van der Waals surface area contributed by atoms with E-state index < -0.39 is 37.5 Å². The zero-order valence-electron chi connectivity index (χ0n) is 25.3. The van der Waals surface area contributed by atoms with Crippen LogP contribution in [0.2, 0.25) is 25.7 Å². The molecule has 0 fully saturated rings. The Morgan fingerprint density at radius 2 is 1.88 bits per heavy atom. The Kier molecular flexibility index (Phi) is 10.5. The van der Waals surface area contributed by atoms with Crippen molar-refractivity contribution in [2.75, 3.05) is 20.3 Å². The molecule has 3 aromatic rings. The summed E-state index contributed by atoms with van der Waals surface area (Å²) in [6.07, 6.45) is 3.09. The van der Waals surface area contributed by atoms with E-state index in [2.05, 4.69) is 29.9 Å². The molecule has 41 heavy (non-hydrogen) atoms. The first kappa shape index (κ1) is 32.1. The molecule has 2 heterocycles. The number of carbonyl (C=O) groups is 2. The molecule has 11 heteroatoms. The van der Waals surface area contributed by atoms with Crippen molar-refractivity contribution in [3.05, 3.63) is 53.6 Å². The number of rotatable bonds is 12. The number of ether oxygens (including phenoxy) is 4. The maximum atomic E-state index is 15.2. The van der Waals surface area contributed by atoms with Crippen LogP contribution in [-0.2, 0) is 32.2 Å². The topological polar surface area (TPSA) is 101 Å².